The number of hydrogen-bond acceptors (Lipinski definition) is 4. The standard InChI is InChI=1S/C18H13N3O2/c1-12(22)8-15-10-14-5-3-7-20-17(14)21(18(15)23)16-6-2-4-13(9-16)11-19/h2-7,9-10H,8H2,1H3. The number of nitrogens with zero attached hydrogens (tertiary/aromatic N) is 3. The van der Waals surface area contributed by atoms with E-state index in [2.05, 4.69) is 11.1 Å². The van der Waals surface area contributed by atoms with Crippen molar-refractivity contribution in [1.82, 2.24) is 9.55 Å². The van der Waals surface area contributed by atoms with Gasteiger partial charge in [0.2, 0.25) is 0 Å². The summed E-state index contributed by atoms with van der Waals surface area (Å²) in [6.07, 6.45) is 1.68. The van der Waals surface area contributed by atoms with Crippen molar-refractivity contribution in [3.63, 3.8) is 0 Å². The maximum atomic E-state index is 12.8. The van der Waals surface area contributed by atoms with Gasteiger partial charge >= 0.3 is 0 Å². The van der Waals surface area contributed by atoms with Gasteiger partial charge in [-0.3, -0.25) is 14.2 Å². The fourth-order valence-corrected chi connectivity index (χ4v) is 2.55. The van der Waals surface area contributed by atoms with Crippen molar-refractivity contribution in [3.8, 4) is 11.8 Å². The van der Waals surface area contributed by atoms with E-state index in [1.807, 2.05) is 6.07 Å². The van der Waals surface area contributed by atoms with Gasteiger partial charge in [0.25, 0.3) is 5.56 Å². The molecule has 1 aromatic carbocycles. The number of fused-ring (bicyclic) bond motifs is 1. The number of Topliss-reactive ketones (excluding diaryl/α,β-unsaturated/α-hetero) is 1. The van der Waals surface area contributed by atoms with Crippen LogP contribution in [-0.4, -0.2) is 15.3 Å². The van der Waals surface area contributed by atoms with Crippen LogP contribution in [0.2, 0.25) is 0 Å². The van der Waals surface area contributed by atoms with Crippen molar-refractivity contribution in [2.75, 3.05) is 0 Å². The molecule has 3 aromatic rings. The average Bonchev–Trinajstić information content (AvgIpc) is 2.55. The minimum atomic E-state index is -0.290. The van der Waals surface area contributed by atoms with Crippen molar-refractivity contribution < 1.29 is 4.79 Å². The van der Waals surface area contributed by atoms with Gasteiger partial charge in [0.15, 0.2) is 0 Å². The van der Waals surface area contributed by atoms with Gasteiger partial charge in [-0.05, 0) is 43.3 Å². The summed E-state index contributed by atoms with van der Waals surface area (Å²) in [6, 6.07) is 14.1. The van der Waals surface area contributed by atoms with E-state index in [1.54, 1.807) is 42.6 Å². The Kier molecular flexibility index (Phi) is 3.73. The van der Waals surface area contributed by atoms with Crippen LogP contribution < -0.4 is 5.56 Å². The number of carbonyl (C=O) groups excluding carboxylic acids is 1. The van der Waals surface area contributed by atoms with E-state index in [-0.39, 0.29) is 17.8 Å². The number of nitriles is 1. The summed E-state index contributed by atoms with van der Waals surface area (Å²) >= 11 is 0. The Labute approximate surface area is 132 Å². The Balaban J connectivity index is 2.37. The molecule has 0 saturated carbocycles. The Hall–Kier alpha value is -3.26. The molecule has 5 nitrogen and oxygen atoms in total. The number of benzene rings is 1. The molecule has 0 radical (unpaired) electrons. The van der Waals surface area contributed by atoms with Crippen LogP contribution in [0.1, 0.15) is 18.1 Å². The molecule has 0 bridgehead atoms. The lowest BCUT2D eigenvalue weighted by Crippen LogP contribution is -2.24. The number of pyridine rings is 2. The third-order valence-corrected chi connectivity index (χ3v) is 3.51. The highest BCUT2D eigenvalue weighted by Gasteiger charge is 2.13. The summed E-state index contributed by atoms with van der Waals surface area (Å²) in [5.41, 5.74) is 1.64. The molecule has 2 heterocycles. The lowest BCUT2D eigenvalue weighted by molar-refractivity contribution is -0.116. The molecule has 0 fully saturated rings. The van der Waals surface area contributed by atoms with Crippen molar-refractivity contribution in [2.45, 2.75) is 13.3 Å². The quantitative estimate of drug-likeness (QED) is 0.744. The molecule has 0 spiro atoms. The first-order valence-corrected chi connectivity index (χ1v) is 7.10. The van der Waals surface area contributed by atoms with E-state index in [1.165, 1.54) is 11.5 Å². The Morgan fingerprint density at radius 1 is 1.26 bits per heavy atom. The van der Waals surface area contributed by atoms with Crippen LogP contribution in [0, 0.1) is 11.3 Å². The topological polar surface area (TPSA) is 75.8 Å². The van der Waals surface area contributed by atoms with Crippen LogP contribution >= 0.6 is 0 Å². The molecule has 23 heavy (non-hydrogen) atoms. The van der Waals surface area contributed by atoms with E-state index in [0.29, 0.717) is 22.5 Å². The molecule has 0 N–H and O–H groups in total. The van der Waals surface area contributed by atoms with Crippen LogP contribution in [-0.2, 0) is 11.2 Å². The summed E-state index contributed by atoms with van der Waals surface area (Å²) in [5.74, 6) is -0.0809. The SMILES string of the molecule is CC(=O)Cc1cc2cccnc2n(-c2cccc(C#N)c2)c1=O. The molecule has 2 aromatic heterocycles. The van der Waals surface area contributed by atoms with Gasteiger partial charge in [0.1, 0.15) is 11.4 Å². The summed E-state index contributed by atoms with van der Waals surface area (Å²) in [7, 11) is 0. The van der Waals surface area contributed by atoms with Gasteiger partial charge in [-0.15, -0.1) is 0 Å². The molecule has 3 rings (SSSR count). The molecule has 112 valence electrons. The van der Waals surface area contributed by atoms with Gasteiger partial charge in [-0.2, -0.15) is 5.26 Å². The summed E-state index contributed by atoms with van der Waals surface area (Å²) in [5, 5.41) is 9.84. The maximum absolute atomic E-state index is 12.8. The highest BCUT2D eigenvalue weighted by Crippen LogP contribution is 2.17. The van der Waals surface area contributed by atoms with Crippen molar-refractivity contribution >= 4 is 16.8 Å². The molecular weight excluding hydrogens is 290 g/mol. The first-order valence-electron chi connectivity index (χ1n) is 7.10. The smallest absolute Gasteiger partial charge is 0.260 e. The van der Waals surface area contributed by atoms with Gasteiger partial charge in [-0.1, -0.05) is 6.07 Å². The molecule has 0 amide bonds. The Bertz CT molecular complexity index is 1010. The molecule has 0 aliphatic carbocycles. The zero-order chi connectivity index (χ0) is 16.4. The van der Waals surface area contributed by atoms with Gasteiger partial charge < -0.3 is 0 Å². The van der Waals surface area contributed by atoms with Crippen LogP contribution in [0.15, 0.2) is 53.5 Å². The predicted octanol–water partition coefficient (Wildman–Crippen LogP) is 2.39. The molecular formula is C18H13N3O2. The normalized spacial score (nSPS) is 10.4. The fourth-order valence-electron chi connectivity index (χ4n) is 2.55. The number of rotatable bonds is 3. The van der Waals surface area contributed by atoms with E-state index in [4.69, 9.17) is 5.26 Å². The number of carbonyl (C=O) groups is 1. The van der Waals surface area contributed by atoms with Crippen LogP contribution in [0.4, 0.5) is 0 Å². The molecule has 0 aliphatic rings. The number of ketones is 1. The van der Waals surface area contributed by atoms with Crippen LogP contribution in [0.3, 0.4) is 0 Å². The number of hydrogen-bond donors (Lipinski definition) is 0. The maximum Gasteiger partial charge on any atom is 0.260 e. The van der Waals surface area contributed by atoms with Crippen LogP contribution in [0.25, 0.3) is 16.7 Å². The summed E-state index contributed by atoms with van der Waals surface area (Å²) in [6.45, 7) is 1.45. The van der Waals surface area contributed by atoms with Crippen molar-refractivity contribution in [2.24, 2.45) is 0 Å². The lowest BCUT2D eigenvalue weighted by atomic mass is 10.1. The first-order chi connectivity index (χ1) is 11.1. The lowest BCUT2D eigenvalue weighted by Gasteiger charge is -2.12. The molecule has 0 unspecified atom stereocenters. The van der Waals surface area contributed by atoms with E-state index >= 15 is 0 Å². The number of aromatic nitrogens is 2. The minimum absolute atomic E-state index is 0.0710. The molecule has 0 aliphatic heterocycles. The van der Waals surface area contributed by atoms with Crippen LogP contribution in [0.5, 0.6) is 0 Å². The fraction of sp³-hybridized carbons (Fsp3) is 0.111. The third kappa shape index (κ3) is 2.74. The van der Waals surface area contributed by atoms with Gasteiger partial charge in [0.05, 0.1) is 17.3 Å². The van der Waals surface area contributed by atoms with E-state index in [9.17, 15) is 9.59 Å². The molecule has 0 saturated heterocycles. The third-order valence-electron chi connectivity index (χ3n) is 3.51. The second-order valence-corrected chi connectivity index (χ2v) is 5.27. The zero-order valence-electron chi connectivity index (χ0n) is 12.5. The molecule has 0 atom stereocenters. The van der Waals surface area contributed by atoms with Crippen molar-refractivity contribution in [3.05, 3.63) is 70.1 Å². The summed E-state index contributed by atoms with van der Waals surface area (Å²) < 4.78 is 1.45. The monoisotopic (exact) mass is 303 g/mol. The zero-order valence-corrected chi connectivity index (χ0v) is 12.5. The van der Waals surface area contributed by atoms with Gasteiger partial charge in [-0.25, -0.2) is 4.98 Å². The first kappa shape index (κ1) is 14.7. The highest BCUT2D eigenvalue weighted by atomic mass is 16.1. The van der Waals surface area contributed by atoms with E-state index in [0.717, 1.165) is 5.39 Å². The second kappa shape index (κ2) is 5.85. The van der Waals surface area contributed by atoms with E-state index < -0.39 is 0 Å². The second-order valence-electron chi connectivity index (χ2n) is 5.27. The molecule has 5 heteroatoms. The predicted molar refractivity (Wildman–Crippen MR) is 86.4 cm³/mol. The Morgan fingerprint density at radius 3 is 2.83 bits per heavy atom. The average molecular weight is 303 g/mol. The Morgan fingerprint density at radius 2 is 2.09 bits per heavy atom. The highest BCUT2D eigenvalue weighted by molar-refractivity contribution is 5.82. The van der Waals surface area contributed by atoms with Gasteiger partial charge in [0, 0.05) is 23.6 Å². The summed E-state index contributed by atoms with van der Waals surface area (Å²) in [4.78, 5) is 28.5. The minimum Gasteiger partial charge on any atom is -0.300 e. The van der Waals surface area contributed by atoms with Crippen molar-refractivity contribution in [1.29, 1.82) is 5.26 Å². The largest absolute Gasteiger partial charge is 0.300 e.